The van der Waals surface area contributed by atoms with Gasteiger partial charge in [-0.1, -0.05) is 23.7 Å². The molecule has 4 aromatic heterocycles. The van der Waals surface area contributed by atoms with Gasteiger partial charge in [0.2, 0.25) is 0 Å². The van der Waals surface area contributed by atoms with Gasteiger partial charge in [-0.2, -0.15) is 15.3 Å². The molecule has 0 saturated heterocycles. The lowest BCUT2D eigenvalue weighted by Gasteiger charge is -2.07. The molecule has 170 valence electrons. The van der Waals surface area contributed by atoms with E-state index in [9.17, 15) is 4.79 Å². The molecule has 6 aromatic rings. The Kier molecular flexibility index (Phi) is 5.16. The van der Waals surface area contributed by atoms with E-state index >= 15 is 0 Å². The quantitative estimate of drug-likeness (QED) is 0.283. The van der Waals surface area contributed by atoms with Crippen LogP contribution in [0, 0.1) is 0 Å². The molecule has 35 heavy (non-hydrogen) atoms. The monoisotopic (exact) mass is 480 g/mol. The second-order valence-corrected chi connectivity index (χ2v) is 8.42. The highest BCUT2D eigenvalue weighted by atomic mass is 35.5. The molecule has 0 aliphatic rings. The van der Waals surface area contributed by atoms with Gasteiger partial charge < -0.3 is 10.3 Å². The smallest absolute Gasteiger partial charge is 0.183 e. The van der Waals surface area contributed by atoms with Crippen LogP contribution < -0.4 is 5.32 Å². The summed E-state index contributed by atoms with van der Waals surface area (Å²) in [5.41, 5.74) is 4.64. The summed E-state index contributed by atoms with van der Waals surface area (Å²) >= 11 is 6.12. The number of ketones is 1. The molecule has 6 rings (SSSR count). The molecule has 0 fully saturated rings. The highest BCUT2D eigenvalue weighted by Crippen LogP contribution is 2.26. The first kappa shape index (κ1) is 20.9. The summed E-state index contributed by atoms with van der Waals surface area (Å²) in [6, 6.07) is 15.4. The molecule has 0 spiro atoms. The number of H-pyrrole nitrogens is 2. The Morgan fingerprint density at radius 2 is 1.86 bits per heavy atom. The van der Waals surface area contributed by atoms with Gasteiger partial charge in [0.1, 0.15) is 5.82 Å². The number of rotatable bonds is 6. The van der Waals surface area contributed by atoms with Crippen molar-refractivity contribution < 1.29 is 4.79 Å². The molecule has 0 saturated carbocycles. The fraction of sp³-hybridized carbons (Fsp3) is 0.0400. The van der Waals surface area contributed by atoms with E-state index in [2.05, 4.69) is 40.7 Å². The van der Waals surface area contributed by atoms with Crippen molar-refractivity contribution in [3.05, 3.63) is 89.6 Å². The Morgan fingerprint density at radius 3 is 2.77 bits per heavy atom. The summed E-state index contributed by atoms with van der Waals surface area (Å²) in [6.07, 6.45) is 6.56. The van der Waals surface area contributed by atoms with Crippen molar-refractivity contribution in [1.82, 2.24) is 35.3 Å². The van der Waals surface area contributed by atoms with Crippen molar-refractivity contribution in [3.8, 4) is 11.4 Å². The van der Waals surface area contributed by atoms with Gasteiger partial charge in [0.25, 0.3) is 0 Å². The Hall–Kier alpha value is -4.63. The van der Waals surface area contributed by atoms with E-state index in [4.69, 9.17) is 11.6 Å². The van der Waals surface area contributed by atoms with Crippen molar-refractivity contribution in [1.29, 1.82) is 0 Å². The molecule has 0 unspecified atom stereocenters. The summed E-state index contributed by atoms with van der Waals surface area (Å²) < 4.78 is 0. The molecule has 0 radical (unpaired) electrons. The zero-order valence-electron chi connectivity index (χ0n) is 18.2. The Balaban J connectivity index is 1.25. The average Bonchev–Trinajstić information content (AvgIpc) is 3.52. The largest absolute Gasteiger partial charge is 0.352 e. The molecule has 0 aliphatic heterocycles. The third kappa shape index (κ3) is 4.20. The van der Waals surface area contributed by atoms with Gasteiger partial charge in [-0.15, -0.1) is 0 Å². The standard InChI is InChI=1S/C25H17ClN8O/c26-19-13-29-28-11-16(19)10-23(35)22-8-14-1-2-15(9-21(14)32-22)25-27-6-5-24(33-25)31-18-3-4-20-17(7-18)12-30-34-20/h1-9,11-13,32H,10H2,(H,30,34)(H,27,31,33). The average molecular weight is 481 g/mol. The maximum Gasteiger partial charge on any atom is 0.183 e. The number of aromatic nitrogens is 7. The molecule has 0 bridgehead atoms. The summed E-state index contributed by atoms with van der Waals surface area (Å²) in [5, 5.41) is 20.2. The number of halogens is 1. The van der Waals surface area contributed by atoms with Crippen molar-refractivity contribution >= 4 is 50.7 Å². The minimum Gasteiger partial charge on any atom is -0.352 e. The van der Waals surface area contributed by atoms with E-state index in [0.717, 1.165) is 33.1 Å². The normalized spacial score (nSPS) is 11.2. The van der Waals surface area contributed by atoms with Crippen LogP contribution in [0.1, 0.15) is 16.1 Å². The molecular weight excluding hydrogens is 464 g/mol. The number of Topliss-reactive ketones (excluding diaryl/α,β-unsaturated/α-hetero) is 1. The predicted molar refractivity (Wildman–Crippen MR) is 134 cm³/mol. The summed E-state index contributed by atoms with van der Waals surface area (Å²) in [6.45, 7) is 0. The number of nitrogens with zero attached hydrogens (tertiary/aromatic N) is 5. The lowest BCUT2D eigenvalue weighted by Crippen LogP contribution is -2.05. The van der Waals surface area contributed by atoms with Crippen LogP contribution in [0.4, 0.5) is 11.5 Å². The lowest BCUT2D eigenvalue weighted by molar-refractivity contribution is 0.0989. The number of anilines is 2. The van der Waals surface area contributed by atoms with Crippen molar-refractivity contribution in [2.45, 2.75) is 6.42 Å². The fourth-order valence-electron chi connectivity index (χ4n) is 3.88. The highest BCUT2D eigenvalue weighted by molar-refractivity contribution is 6.31. The third-order valence-electron chi connectivity index (χ3n) is 5.66. The fourth-order valence-corrected chi connectivity index (χ4v) is 4.04. The number of nitrogens with one attached hydrogen (secondary N) is 3. The van der Waals surface area contributed by atoms with Gasteiger partial charge in [-0.3, -0.25) is 9.89 Å². The van der Waals surface area contributed by atoms with Gasteiger partial charge in [-0.25, -0.2) is 9.97 Å². The topological polar surface area (TPSA) is 125 Å². The molecule has 9 nitrogen and oxygen atoms in total. The highest BCUT2D eigenvalue weighted by Gasteiger charge is 2.14. The van der Waals surface area contributed by atoms with Gasteiger partial charge >= 0.3 is 0 Å². The van der Waals surface area contributed by atoms with Gasteiger partial charge in [0.05, 0.1) is 34.8 Å². The Bertz CT molecular complexity index is 1710. The molecule has 0 amide bonds. The first-order valence-electron chi connectivity index (χ1n) is 10.8. The minimum absolute atomic E-state index is 0.0883. The van der Waals surface area contributed by atoms with Crippen molar-refractivity contribution in [3.63, 3.8) is 0 Å². The van der Waals surface area contributed by atoms with Crippen LogP contribution in [0.15, 0.2) is 73.3 Å². The van der Waals surface area contributed by atoms with E-state index < -0.39 is 0 Å². The van der Waals surface area contributed by atoms with E-state index in [1.165, 1.54) is 12.4 Å². The maximum absolute atomic E-state index is 12.8. The molecule has 4 heterocycles. The van der Waals surface area contributed by atoms with Crippen LogP contribution in [0.5, 0.6) is 0 Å². The number of fused-ring (bicyclic) bond motifs is 2. The maximum atomic E-state index is 12.8. The second-order valence-electron chi connectivity index (χ2n) is 8.01. The van der Waals surface area contributed by atoms with Crippen molar-refractivity contribution in [2.75, 3.05) is 5.32 Å². The van der Waals surface area contributed by atoms with E-state index in [0.29, 0.717) is 27.9 Å². The number of benzene rings is 2. The SMILES string of the molecule is O=C(Cc1cnncc1Cl)c1cc2ccc(-c3nccc(Nc4ccc5[nH]ncc5c4)n3)cc2[nH]1. The van der Waals surface area contributed by atoms with Crippen LogP contribution in [-0.2, 0) is 6.42 Å². The Labute approximate surface area is 203 Å². The van der Waals surface area contributed by atoms with Crippen LogP contribution in [0.25, 0.3) is 33.2 Å². The van der Waals surface area contributed by atoms with Crippen LogP contribution >= 0.6 is 11.6 Å². The van der Waals surface area contributed by atoms with E-state index in [-0.39, 0.29) is 12.2 Å². The summed E-state index contributed by atoms with van der Waals surface area (Å²) in [5.74, 6) is 1.15. The summed E-state index contributed by atoms with van der Waals surface area (Å²) in [4.78, 5) is 25.1. The zero-order chi connectivity index (χ0) is 23.8. The number of aromatic amines is 2. The minimum atomic E-state index is -0.0883. The second kappa shape index (κ2) is 8.62. The summed E-state index contributed by atoms with van der Waals surface area (Å²) in [7, 11) is 0. The predicted octanol–water partition coefficient (Wildman–Crippen LogP) is 5.11. The number of carbonyl (C=O) groups is 1. The van der Waals surface area contributed by atoms with E-state index in [1.807, 2.05) is 48.5 Å². The van der Waals surface area contributed by atoms with Crippen molar-refractivity contribution in [2.24, 2.45) is 0 Å². The molecule has 0 atom stereocenters. The van der Waals surface area contributed by atoms with Crippen LogP contribution in [0.2, 0.25) is 5.02 Å². The number of carbonyl (C=O) groups excluding carboxylic acids is 1. The van der Waals surface area contributed by atoms with Gasteiger partial charge in [-0.05, 0) is 36.4 Å². The number of hydrogen-bond acceptors (Lipinski definition) is 7. The molecule has 0 aliphatic carbocycles. The Morgan fingerprint density at radius 1 is 0.943 bits per heavy atom. The van der Waals surface area contributed by atoms with Crippen LogP contribution in [-0.4, -0.2) is 41.1 Å². The van der Waals surface area contributed by atoms with Gasteiger partial charge in [0, 0.05) is 45.7 Å². The molecule has 10 heteroatoms. The number of hydrogen-bond donors (Lipinski definition) is 3. The van der Waals surface area contributed by atoms with Crippen LogP contribution in [0.3, 0.4) is 0 Å². The first-order valence-corrected chi connectivity index (χ1v) is 11.1. The van der Waals surface area contributed by atoms with E-state index in [1.54, 1.807) is 12.4 Å². The first-order chi connectivity index (χ1) is 17.1. The zero-order valence-corrected chi connectivity index (χ0v) is 18.9. The molecule has 2 aromatic carbocycles. The third-order valence-corrected chi connectivity index (χ3v) is 6.00. The molecule has 3 N–H and O–H groups in total. The molecular formula is C25H17ClN8O. The van der Waals surface area contributed by atoms with Gasteiger partial charge in [0.15, 0.2) is 11.6 Å². The lowest BCUT2D eigenvalue weighted by atomic mass is 10.1.